The van der Waals surface area contributed by atoms with Crippen molar-refractivity contribution in [3.05, 3.63) is 64.8 Å². The summed E-state index contributed by atoms with van der Waals surface area (Å²) in [5.41, 5.74) is 4.06. The summed E-state index contributed by atoms with van der Waals surface area (Å²) >= 11 is 1.50. The summed E-state index contributed by atoms with van der Waals surface area (Å²) in [6, 6.07) is 13.6. The van der Waals surface area contributed by atoms with Crippen LogP contribution in [0.4, 0.5) is 5.82 Å². The lowest BCUT2D eigenvalue weighted by atomic mass is 9.87. The first kappa shape index (κ1) is 29.5. The minimum Gasteiger partial charge on any atom is -0.497 e. The second-order valence-corrected chi connectivity index (χ2v) is 11.7. The standard InChI is InChI=1S/C30H38N4O5S/c1-19-10-8-9-11-22(19)34-29-26(28(32-34)30(2,3)4)27(21-16-20(38-6)12-13-23(21)39-7)40-18-25(36)33(29)17-24(35)31-14-15-37-5/h8-13,16,27H,14-15,17-18H2,1-7H3,(H,31,35)/t27-/m0/s1. The molecule has 40 heavy (non-hydrogen) atoms. The number of carbonyl (C=O) groups is 2. The molecule has 1 aliphatic rings. The lowest BCUT2D eigenvalue weighted by Crippen LogP contribution is -2.43. The van der Waals surface area contributed by atoms with Crippen molar-refractivity contribution in [2.24, 2.45) is 0 Å². The van der Waals surface area contributed by atoms with E-state index < -0.39 is 0 Å². The van der Waals surface area contributed by atoms with Gasteiger partial charge in [0.1, 0.15) is 23.9 Å². The molecule has 0 saturated heterocycles. The number of thioether (sulfide) groups is 1. The number of anilines is 1. The monoisotopic (exact) mass is 566 g/mol. The molecule has 2 heterocycles. The Morgan fingerprint density at radius 1 is 1.12 bits per heavy atom. The van der Waals surface area contributed by atoms with Crippen LogP contribution in [-0.2, 0) is 19.7 Å². The number of carbonyl (C=O) groups excluding carboxylic acids is 2. The van der Waals surface area contributed by atoms with Crippen molar-refractivity contribution in [1.82, 2.24) is 15.1 Å². The van der Waals surface area contributed by atoms with E-state index in [4.69, 9.17) is 19.3 Å². The third-order valence-corrected chi connectivity index (χ3v) is 8.03. The zero-order chi connectivity index (χ0) is 29.0. The SMILES string of the molecule is COCCNC(=O)CN1C(=O)CS[C@@H](c2cc(OC)ccc2OC)c2c(C(C)(C)C)nn(-c3ccccc3C)c21. The Morgan fingerprint density at radius 2 is 1.88 bits per heavy atom. The number of aromatic nitrogens is 2. The maximum absolute atomic E-state index is 13.8. The molecule has 0 saturated carbocycles. The fourth-order valence-electron chi connectivity index (χ4n) is 4.82. The largest absolute Gasteiger partial charge is 0.497 e. The highest BCUT2D eigenvalue weighted by Gasteiger charge is 2.41. The molecule has 1 atom stereocenters. The number of nitrogens with one attached hydrogen (secondary N) is 1. The van der Waals surface area contributed by atoms with Crippen LogP contribution < -0.4 is 19.7 Å². The molecular weight excluding hydrogens is 528 g/mol. The van der Waals surface area contributed by atoms with E-state index in [-0.39, 0.29) is 34.8 Å². The van der Waals surface area contributed by atoms with Crippen LogP contribution in [0.1, 0.15) is 48.4 Å². The lowest BCUT2D eigenvalue weighted by molar-refractivity contribution is -0.123. The van der Waals surface area contributed by atoms with Gasteiger partial charge in [0, 0.05) is 30.2 Å². The number of aryl methyl sites for hydroxylation is 1. The van der Waals surface area contributed by atoms with Gasteiger partial charge in [-0.2, -0.15) is 5.10 Å². The Bertz CT molecular complexity index is 1380. The van der Waals surface area contributed by atoms with Gasteiger partial charge in [-0.3, -0.25) is 14.5 Å². The number of fused-ring (bicyclic) bond motifs is 1. The van der Waals surface area contributed by atoms with Crippen LogP contribution in [-0.4, -0.2) is 68.4 Å². The van der Waals surface area contributed by atoms with Gasteiger partial charge < -0.3 is 19.5 Å². The second-order valence-electron chi connectivity index (χ2n) is 10.7. The average molecular weight is 567 g/mol. The first-order valence-electron chi connectivity index (χ1n) is 13.2. The molecule has 3 aromatic rings. The van der Waals surface area contributed by atoms with Crippen LogP contribution in [0.15, 0.2) is 42.5 Å². The molecule has 10 heteroatoms. The second kappa shape index (κ2) is 12.3. The predicted molar refractivity (Wildman–Crippen MR) is 158 cm³/mol. The van der Waals surface area contributed by atoms with Gasteiger partial charge in [0.25, 0.3) is 0 Å². The van der Waals surface area contributed by atoms with Crippen molar-refractivity contribution in [3.8, 4) is 17.2 Å². The van der Waals surface area contributed by atoms with Crippen molar-refractivity contribution in [1.29, 1.82) is 0 Å². The molecule has 2 amide bonds. The van der Waals surface area contributed by atoms with Gasteiger partial charge in [0.15, 0.2) is 0 Å². The number of hydrogen-bond acceptors (Lipinski definition) is 7. The average Bonchev–Trinajstić information content (AvgIpc) is 3.26. The Hall–Kier alpha value is -3.50. The maximum Gasteiger partial charge on any atom is 0.240 e. The lowest BCUT2D eigenvalue weighted by Gasteiger charge is -2.25. The highest BCUT2D eigenvalue weighted by molar-refractivity contribution is 8.00. The maximum atomic E-state index is 13.8. The molecule has 214 valence electrons. The van der Waals surface area contributed by atoms with Crippen molar-refractivity contribution in [3.63, 3.8) is 0 Å². The summed E-state index contributed by atoms with van der Waals surface area (Å²) in [6.45, 7) is 8.93. The van der Waals surface area contributed by atoms with E-state index in [0.29, 0.717) is 30.5 Å². The zero-order valence-electron chi connectivity index (χ0n) is 24.2. The summed E-state index contributed by atoms with van der Waals surface area (Å²) in [6.07, 6.45) is 0. The van der Waals surface area contributed by atoms with E-state index in [0.717, 1.165) is 28.1 Å². The fourth-order valence-corrected chi connectivity index (χ4v) is 6.04. The van der Waals surface area contributed by atoms with Gasteiger partial charge in [-0.25, -0.2) is 4.68 Å². The number of ether oxygens (including phenoxy) is 3. The molecule has 9 nitrogen and oxygen atoms in total. The van der Waals surface area contributed by atoms with Crippen LogP contribution in [0.2, 0.25) is 0 Å². The first-order valence-corrected chi connectivity index (χ1v) is 14.2. The van der Waals surface area contributed by atoms with Crippen LogP contribution >= 0.6 is 11.8 Å². The van der Waals surface area contributed by atoms with Gasteiger partial charge in [-0.15, -0.1) is 11.8 Å². The van der Waals surface area contributed by atoms with E-state index >= 15 is 0 Å². The van der Waals surface area contributed by atoms with E-state index in [1.807, 2.05) is 54.1 Å². The Balaban J connectivity index is 2.02. The molecule has 1 aliphatic heterocycles. The molecule has 2 aromatic carbocycles. The van der Waals surface area contributed by atoms with Gasteiger partial charge >= 0.3 is 0 Å². The van der Waals surface area contributed by atoms with E-state index in [1.165, 1.54) is 11.8 Å². The van der Waals surface area contributed by atoms with E-state index in [1.54, 1.807) is 26.2 Å². The first-order chi connectivity index (χ1) is 19.1. The molecule has 1 N–H and O–H groups in total. The molecule has 4 rings (SSSR count). The summed E-state index contributed by atoms with van der Waals surface area (Å²) in [4.78, 5) is 28.5. The van der Waals surface area contributed by atoms with Crippen molar-refractivity contribution in [2.75, 3.05) is 51.7 Å². The van der Waals surface area contributed by atoms with E-state index in [2.05, 4.69) is 26.1 Å². The van der Waals surface area contributed by atoms with Crippen molar-refractivity contribution >= 4 is 29.4 Å². The number of para-hydroxylation sites is 1. The van der Waals surface area contributed by atoms with Crippen molar-refractivity contribution < 1.29 is 23.8 Å². The molecule has 0 spiro atoms. The number of benzene rings is 2. The molecule has 0 unspecified atom stereocenters. The molecular formula is C30H38N4O5S. The summed E-state index contributed by atoms with van der Waals surface area (Å²) in [5.74, 6) is 1.69. The van der Waals surface area contributed by atoms with Crippen molar-refractivity contribution in [2.45, 2.75) is 38.4 Å². The van der Waals surface area contributed by atoms with Gasteiger partial charge in [0.05, 0.1) is 43.2 Å². The van der Waals surface area contributed by atoms with Gasteiger partial charge in [-0.05, 0) is 36.8 Å². The molecule has 0 fully saturated rings. The van der Waals surface area contributed by atoms with Gasteiger partial charge in [-0.1, -0.05) is 39.0 Å². The van der Waals surface area contributed by atoms with Crippen LogP contribution in [0.3, 0.4) is 0 Å². The smallest absolute Gasteiger partial charge is 0.240 e. The summed E-state index contributed by atoms with van der Waals surface area (Å²) in [7, 11) is 4.84. The number of methoxy groups -OCH3 is 3. The minimum absolute atomic E-state index is 0.140. The number of hydrogen-bond donors (Lipinski definition) is 1. The van der Waals surface area contributed by atoms with Crippen LogP contribution in [0.25, 0.3) is 5.69 Å². The number of nitrogens with zero attached hydrogens (tertiary/aromatic N) is 3. The summed E-state index contributed by atoms with van der Waals surface area (Å²) < 4.78 is 18.3. The Labute approximate surface area is 240 Å². The quantitative estimate of drug-likeness (QED) is 0.383. The molecule has 0 aliphatic carbocycles. The third kappa shape index (κ3) is 5.97. The molecule has 0 bridgehead atoms. The van der Waals surface area contributed by atoms with Crippen LogP contribution in [0.5, 0.6) is 11.5 Å². The molecule has 1 aromatic heterocycles. The Morgan fingerprint density at radius 3 is 2.52 bits per heavy atom. The fraction of sp³-hybridized carbons (Fsp3) is 0.433. The minimum atomic E-state index is -0.372. The van der Waals surface area contributed by atoms with Crippen LogP contribution in [0, 0.1) is 6.92 Å². The number of rotatable bonds is 9. The van der Waals surface area contributed by atoms with Gasteiger partial charge in [0.2, 0.25) is 11.8 Å². The topological polar surface area (TPSA) is 94.9 Å². The third-order valence-electron chi connectivity index (χ3n) is 6.79. The zero-order valence-corrected chi connectivity index (χ0v) is 25.1. The summed E-state index contributed by atoms with van der Waals surface area (Å²) in [5, 5.41) is 7.71. The predicted octanol–water partition coefficient (Wildman–Crippen LogP) is 4.43. The normalized spacial score (nSPS) is 15.4. The molecule has 0 radical (unpaired) electrons. The highest BCUT2D eigenvalue weighted by Crippen LogP contribution is 2.51. The van der Waals surface area contributed by atoms with E-state index in [9.17, 15) is 9.59 Å². The highest BCUT2D eigenvalue weighted by atomic mass is 32.2. The number of amides is 2. The Kier molecular flexibility index (Phi) is 9.10.